The van der Waals surface area contributed by atoms with Crippen LogP contribution < -0.4 is 15.5 Å². The number of ether oxygens (including phenoxy) is 1. The van der Waals surface area contributed by atoms with Crippen molar-refractivity contribution < 1.29 is 14.3 Å². The molecule has 162 valence electrons. The van der Waals surface area contributed by atoms with E-state index in [4.69, 9.17) is 4.74 Å². The predicted octanol–water partition coefficient (Wildman–Crippen LogP) is 3.51. The van der Waals surface area contributed by atoms with E-state index in [9.17, 15) is 9.59 Å². The van der Waals surface area contributed by atoms with E-state index in [-0.39, 0.29) is 24.8 Å². The Morgan fingerprint density at radius 3 is 2.17 bits per heavy atom. The monoisotopic (exact) mass is 411 g/mol. The van der Waals surface area contributed by atoms with Gasteiger partial charge in [-0.2, -0.15) is 5.10 Å². The van der Waals surface area contributed by atoms with Crippen molar-refractivity contribution in [1.82, 2.24) is 10.7 Å². The lowest BCUT2D eigenvalue weighted by Gasteiger charge is -2.54. The number of benzene rings is 1. The van der Waals surface area contributed by atoms with Crippen LogP contribution in [0.25, 0.3) is 0 Å². The van der Waals surface area contributed by atoms with E-state index in [2.05, 4.69) is 21.9 Å². The average Bonchev–Trinajstić information content (AvgIpc) is 2.66. The largest absolute Gasteiger partial charge is 0.484 e. The highest BCUT2D eigenvalue weighted by Gasteiger charge is 2.48. The summed E-state index contributed by atoms with van der Waals surface area (Å²) < 4.78 is 5.54. The second-order valence-electron chi connectivity index (χ2n) is 9.69. The molecule has 0 atom stereocenters. The van der Waals surface area contributed by atoms with Crippen LogP contribution in [0.1, 0.15) is 56.6 Å². The van der Waals surface area contributed by atoms with Gasteiger partial charge in [-0.15, -0.1) is 0 Å². The molecular formula is C24H33N3O3. The number of carbonyl (C=O) groups is 2. The number of hydrogen-bond donors (Lipinski definition) is 2. The van der Waals surface area contributed by atoms with E-state index in [1.54, 1.807) is 6.92 Å². The van der Waals surface area contributed by atoms with Crippen LogP contribution in [0.5, 0.6) is 5.75 Å². The van der Waals surface area contributed by atoms with Gasteiger partial charge in [0.15, 0.2) is 6.61 Å². The van der Waals surface area contributed by atoms with Crippen LogP contribution in [0, 0.1) is 37.5 Å². The van der Waals surface area contributed by atoms with Crippen molar-refractivity contribution in [1.29, 1.82) is 0 Å². The topological polar surface area (TPSA) is 79.8 Å². The van der Waals surface area contributed by atoms with E-state index >= 15 is 0 Å². The Hall–Kier alpha value is -2.37. The molecule has 0 heterocycles. The Balaban J connectivity index is 1.21. The number of aryl methyl sites for hydroxylation is 2. The Morgan fingerprint density at radius 1 is 0.967 bits per heavy atom. The number of hydrazone groups is 1. The van der Waals surface area contributed by atoms with Crippen LogP contribution in [0.15, 0.2) is 23.3 Å². The number of nitrogens with zero attached hydrogens (tertiary/aromatic N) is 1. The number of rotatable bonds is 7. The van der Waals surface area contributed by atoms with Gasteiger partial charge < -0.3 is 10.1 Å². The van der Waals surface area contributed by atoms with Crippen molar-refractivity contribution in [2.45, 2.75) is 65.3 Å². The van der Waals surface area contributed by atoms with Gasteiger partial charge in [0.25, 0.3) is 5.91 Å². The second kappa shape index (κ2) is 8.78. The molecule has 0 spiro atoms. The summed E-state index contributed by atoms with van der Waals surface area (Å²) in [6.07, 6.45) is 6.74. The third-order valence-electron chi connectivity index (χ3n) is 6.91. The minimum Gasteiger partial charge on any atom is -0.484 e. The fourth-order valence-electron chi connectivity index (χ4n) is 6.02. The number of hydrogen-bond acceptors (Lipinski definition) is 4. The first-order valence-corrected chi connectivity index (χ1v) is 11.2. The fraction of sp³-hybridized carbons (Fsp3) is 0.625. The first-order chi connectivity index (χ1) is 14.4. The Labute approximate surface area is 178 Å². The minimum absolute atomic E-state index is 0.00876. The molecule has 0 aliphatic heterocycles. The molecule has 6 nitrogen and oxygen atoms in total. The minimum atomic E-state index is -0.338. The van der Waals surface area contributed by atoms with Crippen molar-refractivity contribution in [3.63, 3.8) is 0 Å². The summed E-state index contributed by atoms with van der Waals surface area (Å²) >= 11 is 0. The Bertz CT molecular complexity index is 800. The van der Waals surface area contributed by atoms with Crippen LogP contribution in [0.4, 0.5) is 0 Å². The Morgan fingerprint density at radius 2 is 1.57 bits per heavy atom. The maximum absolute atomic E-state index is 12.5. The summed E-state index contributed by atoms with van der Waals surface area (Å²) in [4.78, 5) is 24.6. The van der Waals surface area contributed by atoms with Crippen LogP contribution >= 0.6 is 0 Å². The molecule has 0 radical (unpaired) electrons. The van der Waals surface area contributed by atoms with Crippen molar-refractivity contribution in [3.8, 4) is 5.75 Å². The second-order valence-corrected chi connectivity index (χ2v) is 9.69. The highest BCUT2D eigenvalue weighted by atomic mass is 16.5. The van der Waals surface area contributed by atoms with Gasteiger partial charge in [0.2, 0.25) is 5.91 Å². The lowest BCUT2D eigenvalue weighted by Crippen LogP contribution is -2.56. The number of carbonyl (C=O) groups excluding carboxylic acids is 2. The van der Waals surface area contributed by atoms with Crippen molar-refractivity contribution >= 4 is 17.5 Å². The van der Waals surface area contributed by atoms with Crippen LogP contribution in [0.2, 0.25) is 0 Å². The van der Waals surface area contributed by atoms with Crippen LogP contribution in [-0.4, -0.2) is 30.2 Å². The van der Waals surface area contributed by atoms with E-state index in [0.29, 0.717) is 29.3 Å². The molecule has 0 unspecified atom stereocenters. The summed E-state index contributed by atoms with van der Waals surface area (Å²) in [7, 11) is 0. The molecule has 1 aromatic carbocycles. The van der Waals surface area contributed by atoms with Gasteiger partial charge in [0.1, 0.15) is 5.75 Å². The van der Waals surface area contributed by atoms with Crippen molar-refractivity contribution in [2.24, 2.45) is 28.8 Å². The molecule has 2 amide bonds. The van der Waals surface area contributed by atoms with E-state index < -0.39 is 0 Å². The molecule has 4 aliphatic rings. The molecule has 6 heteroatoms. The maximum atomic E-state index is 12.5. The standard InChI is InChI=1S/C24H33N3O3/c1-14-4-15(2)6-21(5-14)30-13-23(29)27-26-16(3)7-22(28)25-24-19-9-17-8-18(11-19)12-20(24)10-17/h4-6,17-20,24H,7-13H2,1-3H3,(H,25,28)(H,27,29)/b26-16+. The predicted molar refractivity (Wildman–Crippen MR) is 116 cm³/mol. The number of amides is 2. The summed E-state index contributed by atoms with van der Waals surface area (Å²) in [6, 6.07) is 6.17. The molecule has 1 aromatic rings. The van der Waals surface area contributed by atoms with Crippen molar-refractivity contribution in [3.05, 3.63) is 29.3 Å². The molecule has 2 N–H and O–H groups in total. The molecule has 30 heavy (non-hydrogen) atoms. The third-order valence-corrected chi connectivity index (χ3v) is 6.91. The third kappa shape index (κ3) is 5.02. The molecule has 0 saturated heterocycles. The summed E-state index contributed by atoms with van der Waals surface area (Å²) in [5.41, 5.74) is 5.25. The zero-order chi connectivity index (χ0) is 21.3. The molecule has 4 fully saturated rings. The Kier molecular flexibility index (Phi) is 6.11. The first-order valence-electron chi connectivity index (χ1n) is 11.2. The quantitative estimate of drug-likeness (QED) is 0.532. The molecule has 5 rings (SSSR count). The zero-order valence-electron chi connectivity index (χ0n) is 18.2. The summed E-state index contributed by atoms with van der Waals surface area (Å²) in [5.74, 6) is 3.44. The van der Waals surface area contributed by atoms with E-state index in [0.717, 1.165) is 23.0 Å². The van der Waals surface area contributed by atoms with Gasteiger partial charge in [0.05, 0.1) is 6.42 Å². The van der Waals surface area contributed by atoms with E-state index in [1.165, 1.54) is 32.1 Å². The first kappa shape index (κ1) is 20.9. The SMILES string of the molecule is C/C(CC(=O)NC1C2CC3CC(C2)CC1C3)=N\NC(=O)COc1cc(C)cc(C)c1. The molecule has 4 saturated carbocycles. The maximum Gasteiger partial charge on any atom is 0.277 e. The fourth-order valence-corrected chi connectivity index (χ4v) is 6.02. The highest BCUT2D eigenvalue weighted by molar-refractivity contribution is 6.00. The van der Waals surface area contributed by atoms with Crippen molar-refractivity contribution in [2.75, 3.05) is 6.61 Å². The van der Waals surface area contributed by atoms with Gasteiger partial charge in [-0.25, -0.2) is 5.43 Å². The van der Waals surface area contributed by atoms with Gasteiger partial charge in [-0.05, 0) is 99.8 Å². The van der Waals surface area contributed by atoms with Gasteiger partial charge in [-0.1, -0.05) is 6.07 Å². The number of nitrogens with one attached hydrogen (secondary N) is 2. The lowest BCUT2D eigenvalue weighted by molar-refractivity contribution is -0.124. The van der Waals surface area contributed by atoms with E-state index in [1.807, 2.05) is 26.0 Å². The summed E-state index contributed by atoms with van der Waals surface area (Å²) in [5, 5.41) is 7.35. The van der Waals surface area contributed by atoms with Crippen LogP contribution in [-0.2, 0) is 9.59 Å². The summed E-state index contributed by atoms with van der Waals surface area (Å²) in [6.45, 7) is 5.63. The van der Waals surface area contributed by atoms with Gasteiger partial charge >= 0.3 is 0 Å². The molecule has 4 aliphatic carbocycles. The lowest BCUT2D eigenvalue weighted by atomic mass is 9.54. The highest BCUT2D eigenvalue weighted by Crippen LogP contribution is 2.53. The molecular weight excluding hydrogens is 378 g/mol. The van der Waals surface area contributed by atoms with Gasteiger partial charge in [-0.3, -0.25) is 9.59 Å². The van der Waals surface area contributed by atoms with Gasteiger partial charge in [0, 0.05) is 11.8 Å². The normalized spacial score (nSPS) is 29.6. The smallest absolute Gasteiger partial charge is 0.277 e. The molecule has 0 aromatic heterocycles. The zero-order valence-corrected chi connectivity index (χ0v) is 18.2. The molecule has 4 bridgehead atoms. The van der Waals surface area contributed by atoms with Crippen LogP contribution in [0.3, 0.4) is 0 Å². The average molecular weight is 412 g/mol.